The molecule has 0 aliphatic heterocycles. The first-order valence-corrected chi connectivity index (χ1v) is 8.22. The molecule has 0 saturated heterocycles. The zero-order valence-electron chi connectivity index (χ0n) is 15.4. The van der Waals surface area contributed by atoms with E-state index in [1.807, 2.05) is 31.2 Å². The lowest BCUT2D eigenvalue weighted by molar-refractivity contribution is -0.154. The second-order valence-corrected chi connectivity index (χ2v) is 7.12. The van der Waals surface area contributed by atoms with Crippen molar-refractivity contribution in [1.29, 1.82) is 0 Å². The van der Waals surface area contributed by atoms with Gasteiger partial charge in [0.1, 0.15) is 18.1 Å². The fraction of sp³-hybridized carbons (Fsp3) is 0.333. The van der Waals surface area contributed by atoms with Crippen molar-refractivity contribution in [3.63, 3.8) is 0 Å². The minimum Gasteiger partial charge on any atom is -0.460 e. The highest BCUT2D eigenvalue weighted by atomic mass is 16.5. The molecule has 4 heteroatoms. The summed E-state index contributed by atoms with van der Waals surface area (Å²) in [5.41, 5.74) is 1.71. The third kappa shape index (κ3) is 5.18. The third-order valence-corrected chi connectivity index (χ3v) is 3.66. The third-order valence-electron chi connectivity index (χ3n) is 3.66. The molecule has 0 atom stereocenters. The molecule has 0 heterocycles. The number of benzene rings is 2. The highest BCUT2D eigenvalue weighted by Crippen LogP contribution is 2.28. The number of rotatable bonds is 5. The topological polar surface area (TPSA) is 52.6 Å². The number of esters is 1. The summed E-state index contributed by atoms with van der Waals surface area (Å²) >= 11 is 0. The molecule has 0 amide bonds. The van der Waals surface area contributed by atoms with Crippen LogP contribution in [0.5, 0.6) is 11.5 Å². The molecule has 0 aliphatic carbocycles. The van der Waals surface area contributed by atoms with Crippen molar-refractivity contribution in [3.05, 3.63) is 59.2 Å². The molecule has 2 rings (SSSR count). The summed E-state index contributed by atoms with van der Waals surface area (Å²) in [6.07, 6.45) is 0. The molecule has 0 fully saturated rings. The fourth-order valence-corrected chi connectivity index (χ4v) is 2.18. The van der Waals surface area contributed by atoms with Crippen LogP contribution >= 0.6 is 0 Å². The summed E-state index contributed by atoms with van der Waals surface area (Å²) in [7, 11) is 0. The summed E-state index contributed by atoms with van der Waals surface area (Å²) in [5, 5.41) is 0. The van der Waals surface area contributed by atoms with Crippen LogP contribution in [0.2, 0.25) is 0 Å². The molecule has 0 spiro atoms. The second kappa shape index (κ2) is 7.51. The number of Topliss-reactive ketones (excluding diaryl/α,β-unsaturated/α-hetero) is 1. The number of carbonyl (C=O) groups excluding carboxylic acids is 2. The van der Waals surface area contributed by atoms with E-state index in [0.29, 0.717) is 22.6 Å². The van der Waals surface area contributed by atoms with Gasteiger partial charge in [0.2, 0.25) is 0 Å². The molecule has 0 unspecified atom stereocenters. The predicted molar refractivity (Wildman–Crippen MR) is 97.0 cm³/mol. The maximum absolute atomic E-state index is 12.0. The molecule has 0 radical (unpaired) electrons. The largest absolute Gasteiger partial charge is 0.460 e. The Bertz CT molecular complexity index is 785. The molecular weight excluding hydrogens is 316 g/mol. The molecule has 0 N–H and O–H groups in total. The van der Waals surface area contributed by atoms with Gasteiger partial charge in [-0.25, -0.2) is 0 Å². The molecule has 2 aromatic carbocycles. The Labute approximate surface area is 148 Å². The molecule has 0 aromatic heterocycles. The van der Waals surface area contributed by atoms with Crippen molar-refractivity contribution in [2.24, 2.45) is 5.41 Å². The van der Waals surface area contributed by atoms with Crippen LogP contribution in [0, 0.1) is 12.3 Å². The highest BCUT2D eigenvalue weighted by Gasteiger charge is 2.23. The zero-order valence-corrected chi connectivity index (χ0v) is 15.4. The Kier molecular flexibility index (Phi) is 5.62. The van der Waals surface area contributed by atoms with Gasteiger partial charge in [-0.05, 0) is 70.5 Å². The summed E-state index contributed by atoms with van der Waals surface area (Å²) in [6.45, 7) is 8.93. The fourth-order valence-electron chi connectivity index (χ4n) is 2.18. The van der Waals surface area contributed by atoms with Gasteiger partial charge < -0.3 is 9.47 Å². The van der Waals surface area contributed by atoms with Gasteiger partial charge in [-0.15, -0.1) is 0 Å². The Hall–Kier alpha value is -2.62. The number of hydrogen-bond donors (Lipinski definition) is 0. The lowest BCUT2D eigenvalue weighted by atomic mass is 9.97. The van der Waals surface area contributed by atoms with Crippen LogP contribution in [0.1, 0.15) is 49.2 Å². The van der Waals surface area contributed by atoms with Crippen molar-refractivity contribution in [3.8, 4) is 11.5 Å². The van der Waals surface area contributed by atoms with Crippen molar-refractivity contribution in [2.45, 2.75) is 41.2 Å². The molecule has 25 heavy (non-hydrogen) atoms. The first-order valence-electron chi connectivity index (χ1n) is 8.22. The minimum atomic E-state index is -0.588. The van der Waals surface area contributed by atoms with E-state index in [1.54, 1.807) is 39.0 Å². The van der Waals surface area contributed by atoms with Crippen molar-refractivity contribution >= 4 is 11.8 Å². The lowest BCUT2D eigenvalue weighted by Crippen LogP contribution is -2.22. The van der Waals surface area contributed by atoms with E-state index >= 15 is 0 Å². The molecule has 132 valence electrons. The normalized spacial score (nSPS) is 11.1. The number of hydrogen-bond acceptors (Lipinski definition) is 4. The summed E-state index contributed by atoms with van der Waals surface area (Å²) in [5.74, 6) is 0.906. The van der Waals surface area contributed by atoms with Crippen LogP contribution in [0.3, 0.4) is 0 Å². The standard InChI is InChI=1S/C21H24O4/c1-14-7-6-8-18(11-14)25-19-10-9-16(15(2)22)12-17(19)13-24-20(23)21(3,4)5/h6-12H,13H2,1-5H3. The Morgan fingerprint density at radius 1 is 1.04 bits per heavy atom. The van der Waals surface area contributed by atoms with Crippen LogP contribution in [0.4, 0.5) is 0 Å². The summed E-state index contributed by atoms with van der Waals surface area (Å²) in [4.78, 5) is 23.7. The summed E-state index contributed by atoms with van der Waals surface area (Å²) < 4.78 is 11.3. The van der Waals surface area contributed by atoms with Gasteiger partial charge in [-0.2, -0.15) is 0 Å². The van der Waals surface area contributed by atoms with Crippen LogP contribution in [-0.2, 0) is 16.1 Å². The zero-order chi connectivity index (χ0) is 18.6. The van der Waals surface area contributed by atoms with Gasteiger partial charge in [0.05, 0.1) is 5.41 Å². The lowest BCUT2D eigenvalue weighted by Gasteiger charge is -2.18. The maximum atomic E-state index is 12.0. The Morgan fingerprint density at radius 2 is 1.76 bits per heavy atom. The molecule has 0 aliphatic rings. The molecule has 4 nitrogen and oxygen atoms in total. The number of ketones is 1. The number of aryl methyl sites for hydroxylation is 1. The van der Waals surface area contributed by atoms with Gasteiger partial charge in [0.25, 0.3) is 0 Å². The first-order chi connectivity index (χ1) is 11.7. The minimum absolute atomic E-state index is 0.0505. The van der Waals surface area contributed by atoms with Crippen LogP contribution < -0.4 is 4.74 Å². The number of ether oxygens (including phenoxy) is 2. The molecular formula is C21H24O4. The molecule has 2 aromatic rings. The number of carbonyl (C=O) groups is 2. The van der Waals surface area contributed by atoms with Crippen molar-refractivity contribution in [1.82, 2.24) is 0 Å². The van der Waals surface area contributed by atoms with Crippen molar-refractivity contribution in [2.75, 3.05) is 0 Å². The smallest absolute Gasteiger partial charge is 0.311 e. The highest BCUT2D eigenvalue weighted by molar-refractivity contribution is 5.94. The van der Waals surface area contributed by atoms with E-state index in [1.165, 1.54) is 6.92 Å². The van der Waals surface area contributed by atoms with Crippen LogP contribution in [0.25, 0.3) is 0 Å². The van der Waals surface area contributed by atoms with E-state index in [2.05, 4.69) is 0 Å². The Morgan fingerprint density at radius 3 is 2.36 bits per heavy atom. The average molecular weight is 340 g/mol. The average Bonchev–Trinajstić information content (AvgIpc) is 2.52. The van der Waals surface area contributed by atoms with Crippen molar-refractivity contribution < 1.29 is 19.1 Å². The van der Waals surface area contributed by atoms with Gasteiger partial charge in [0, 0.05) is 11.1 Å². The van der Waals surface area contributed by atoms with E-state index in [0.717, 1.165) is 5.56 Å². The van der Waals surface area contributed by atoms with Gasteiger partial charge >= 0.3 is 5.97 Å². The molecule has 0 saturated carbocycles. The predicted octanol–water partition coefficient (Wildman–Crippen LogP) is 5.08. The van der Waals surface area contributed by atoms with Gasteiger partial charge in [-0.1, -0.05) is 12.1 Å². The quantitative estimate of drug-likeness (QED) is 0.562. The molecule has 0 bridgehead atoms. The van der Waals surface area contributed by atoms with E-state index < -0.39 is 5.41 Å². The first kappa shape index (κ1) is 18.7. The van der Waals surface area contributed by atoms with E-state index in [9.17, 15) is 9.59 Å². The summed E-state index contributed by atoms with van der Waals surface area (Å²) in [6, 6.07) is 12.8. The van der Waals surface area contributed by atoms with E-state index in [-0.39, 0.29) is 18.4 Å². The Balaban J connectivity index is 2.28. The van der Waals surface area contributed by atoms with Crippen LogP contribution in [-0.4, -0.2) is 11.8 Å². The second-order valence-electron chi connectivity index (χ2n) is 7.12. The van der Waals surface area contributed by atoms with Gasteiger partial charge in [0.15, 0.2) is 5.78 Å². The van der Waals surface area contributed by atoms with Gasteiger partial charge in [-0.3, -0.25) is 9.59 Å². The van der Waals surface area contributed by atoms with Crippen LogP contribution in [0.15, 0.2) is 42.5 Å². The maximum Gasteiger partial charge on any atom is 0.311 e. The SMILES string of the molecule is CC(=O)c1ccc(Oc2cccc(C)c2)c(COC(=O)C(C)(C)C)c1. The van der Waals surface area contributed by atoms with E-state index in [4.69, 9.17) is 9.47 Å². The monoisotopic (exact) mass is 340 g/mol.